The largest absolute Gasteiger partial charge is 0.331 e. The minimum atomic E-state index is -0.339. The summed E-state index contributed by atoms with van der Waals surface area (Å²) in [4.78, 5) is 14.7. The number of halogens is 2. The van der Waals surface area contributed by atoms with Crippen LogP contribution in [-0.2, 0) is 0 Å². The van der Waals surface area contributed by atoms with E-state index in [1.165, 1.54) is 12.1 Å². The van der Waals surface area contributed by atoms with E-state index in [-0.39, 0.29) is 30.2 Å². The monoisotopic (exact) mass is 298 g/mol. The van der Waals surface area contributed by atoms with Gasteiger partial charge in [-0.15, -0.1) is 12.4 Å². The van der Waals surface area contributed by atoms with Crippen molar-refractivity contribution in [3.8, 4) is 0 Å². The molecule has 2 aliphatic rings. The molecule has 2 bridgehead atoms. The molecule has 20 heavy (non-hydrogen) atoms. The van der Waals surface area contributed by atoms with Gasteiger partial charge in [0.2, 0.25) is 0 Å². The minimum Gasteiger partial charge on any atom is -0.331 e. The van der Waals surface area contributed by atoms with Gasteiger partial charge in [0.25, 0.3) is 5.91 Å². The molecule has 0 radical (unpaired) electrons. The molecule has 0 aliphatic carbocycles. The normalized spacial score (nSPS) is 25.0. The highest BCUT2D eigenvalue weighted by Gasteiger charge is 2.38. The Kier molecular flexibility index (Phi) is 4.66. The van der Waals surface area contributed by atoms with Crippen LogP contribution < -0.4 is 5.32 Å². The SMILES string of the molecule is Cc1ccc(F)cc1C(=O)N1C2CCNCC1CC2.Cl. The van der Waals surface area contributed by atoms with Crippen molar-refractivity contribution in [2.45, 2.75) is 38.3 Å². The van der Waals surface area contributed by atoms with E-state index < -0.39 is 0 Å². The van der Waals surface area contributed by atoms with Crippen LogP contribution in [0.25, 0.3) is 0 Å². The number of rotatable bonds is 1. The van der Waals surface area contributed by atoms with Gasteiger partial charge in [-0.1, -0.05) is 6.07 Å². The van der Waals surface area contributed by atoms with Gasteiger partial charge in [0.1, 0.15) is 5.82 Å². The number of nitrogens with zero attached hydrogens (tertiary/aromatic N) is 1. The van der Waals surface area contributed by atoms with Crippen LogP contribution >= 0.6 is 12.4 Å². The van der Waals surface area contributed by atoms with E-state index in [9.17, 15) is 9.18 Å². The van der Waals surface area contributed by atoms with Crippen LogP contribution in [-0.4, -0.2) is 36.0 Å². The summed E-state index contributed by atoms with van der Waals surface area (Å²) in [6, 6.07) is 5.04. The zero-order valence-electron chi connectivity index (χ0n) is 11.6. The lowest BCUT2D eigenvalue weighted by Gasteiger charge is -2.28. The van der Waals surface area contributed by atoms with E-state index in [4.69, 9.17) is 0 Å². The molecule has 1 aromatic carbocycles. The molecule has 2 atom stereocenters. The third kappa shape index (κ3) is 2.67. The van der Waals surface area contributed by atoms with Crippen LogP contribution in [0.4, 0.5) is 4.39 Å². The maximum absolute atomic E-state index is 13.4. The van der Waals surface area contributed by atoms with Gasteiger partial charge in [-0.05, 0) is 50.4 Å². The molecule has 3 nitrogen and oxygen atoms in total. The van der Waals surface area contributed by atoms with E-state index in [0.29, 0.717) is 11.6 Å². The highest BCUT2D eigenvalue weighted by Crippen LogP contribution is 2.30. The Balaban J connectivity index is 0.00000147. The van der Waals surface area contributed by atoms with Crippen LogP contribution in [0.5, 0.6) is 0 Å². The first-order valence-electron chi connectivity index (χ1n) is 6.96. The Morgan fingerprint density at radius 1 is 1.30 bits per heavy atom. The first-order chi connectivity index (χ1) is 9.16. The lowest BCUT2D eigenvalue weighted by molar-refractivity contribution is 0.0679. The van der Waals surface area contributed by atoms with E-state index in [1.807, 2.05) is 11.8 Å². The van der Waals surface area contributed by atoms with Crippen molar-refractivity contribution in [2.75, 3.05) is 13.1 Å². The lowest BCUT2D eigenvalue weighted by atomic mass is 10.1. The zero-order valence-corrected chi connectivity index (χ0v) is 12.4. The highest BCUT2D eigenvalue weighted by atomic mass is 35.5. The van der Waals surface area contributed by atoms with Crippen molar-refractivity contribution in [1.29, 1.82) is 0 Å². The number of hydrogen-bond donors (Lipinski definition) is 1. The summed E-state index contributed by atoms with van der Waals surface area (Å²) >= 11 is 0. The first kappa shape index (κ1) is 15.3. The number of benzene rings is 1. The third-order valence-corrected chi connectivity index (χ3v) is 4.32. The molecule has 2 unspecified atom stereocenters. The Hall–Kier alpha value is -1.13. The summed E-state index contributed by atoms with van der Waals surface area (Å²) in [5.41, 5.74) is 1.36. The molecule has 0 saturated carbocycles. The average Bonchev–Trinajstić information content (AvgIpc) is 2.65. The third-order valence-electron chi connectivity index (χ3n) is 4.32. The summed E-state index contributed by atoms with van der Waals surface area (Å²) in [7, 11) is 0. The average molecular weight is 299 g/mol. The maximum Gasteiger partial charge on any atom is 0.254 e. The molecule has 110 valence electrons. The maximum atomic E-state index is 13.4. The van der Waals surface area contributed by atoms with Gasteiger partial charge in [0.05, 0.1) is 0 Å². The fourth-order valence-electron chi connectivity index (χ4n) is 3.28. The number of hydrogen-bond acceptors (Lipinski definition) is 2. The van der Waals surface area contributed by atoms with Gasteiger partial charge in [0, 0.05) is 24.2 Å². The molecule has 5 heteroatoms. The fraction of sp³-hybridized carbons (Fsp3) is 0.533. The van der Waals surface area contributed by atoms with Crippen LogP contribution in [0.1, 0.15) is 35.2 Å². The molecule has 2 fully saturated rings. The van der Waals surface area contributed by atoms with Crippen molar-refractivity contribution in [1.82, 2.24) is 10.2 Å². The van der Waals surface area contributed by atoms with Crippen LogP contribution in [0.15, 0.2) is 18.2 Å². The molecule has 2 heterocycles. The predicted octanol–water partition coefficient (Wildman–Crippen LogP) is 2.52. The molecular weight excluding hydrogens is 279 g/mol. The Labute approximate surface area is 124 Å². The van der Waals surface area contributed by atoms with Gasteiger partial charge >= 0.3 is 0 Å². The van der Waals surface area contributed by atoms with Crippen molar-refractivity contribution < 1.29 is 9.18 Å². The van der Waals surface area contributed by atoms with Gasteiger partial charge in [-0.2, -0.15) is 0 Å². The molecule has 2 aliphatic heterocycles. The van der Waals surface area contributed by atoms with Gasteiger partial charge < -0.3 is 10.2 Å². The molecule has 0 spiro atoms. The first-order valence-corrected chi connectivity index (χ1v) is 6.96. The highest BCUT2D eigenvalue weighted by molar-refractivity contribution is 5.96. The summed E-state index contributed by atoms with van der Waals surface area (Å²) in [5, 5.41) is 3.37. The Bertz CT molecular complexity index is 495. The molecule has 1 amide bonds. The fourth-order valence-corrected chi connectivity index (χ4v) is 3.28. The van der Waals surface area contributed by atoms with Crippen LogP contribution in [0, 0.1) is 12.7 Å². The van der Waals surface area contributed by atoms with Crippen molar-refractivity contribution in [3.63, 3.8) is 0 Å². The minimum absolute atomic E-state index is 0. The standard InChI is InChI=1S/C15H19FN2O.ClH/c1-10-2-3-11(16)8-14(10)15(19)18-12-4-5-13(18)9-17-7-6-12;/h2-3,8,12-13,17H,4-7,9H2,1H3;1H. The number of aryl methyl sites for hydroxylation is 1. The summed E-state index contributed by atoms with van der Waals surface area (Å²) in [5.74, 6) is -0.345. The molecule has 1 N–H and O–H groups in total. The van der Waals surface area contributed by atoms with E-state index in [0.717, 1.165) is 37.9 Å². The predicted molar refractivity (Wildman–Crippen MR) is 78.9 cm³/mol. The molecular formula is C15H20ClFN2O. The quantitative estimate of drug-likeness (QED) is 0.864. The van der Waals surface area contributed by atoms with Crippen LogP contribution in [0.2, 0.25) is 0 Å². The van der Waals surface area contributed by atoms with Crippen molar-refractivity contribution in [2.24, 2.45) is 0 Å². The van der Waals surface area contributed by atoms with Crippen molar-refractivity contribution in [3.05, 3.63) is 35.1 Å². The molecule has 1 aromatic rings. The number of carbonyl (C=O) groups excluding carboxylic acids is 1. The Morgan fingerprint density at radius 2 is 2.05 bits per heavy atom. The second-order valence-electron chi connectivity index (χ2n) is 5.55. The summed E-state index contributed by atoms with van der Waals surface area (Å²) < 4.78 is 13.4. The second-order valence-corrected chi connectivity index (χ2v) is 5.55. The van der Waals surface area contributed by atoms with E-state index >= 15 is 0 Å². The smallest absolute Gasteiger partial charge is 0.254 e. The summed E-state index contributed by atoms with van der Waals surface area (Å²) in [6.07, 6.45) is 3.13. The van der Waals surface area contributed by atoms with Gasteiger partial charge in [-0.25, -0.2) is 4.39 Å². The lowest BCUT2D eigenvalue weighted by Crippen LogP contribution is -2.42. The summed E-state index contributed by atoms with van der Waals surface area (Å²) in [6.45, 7) is 3.69. The molecule has 2 saturated heterocycles. The second kappa shape index (κ2) is 6.10. The topological polar surface area (TPSA) is 32.3 Å². The molecule has 3 rings (SSSR count). The Morgan fingerprint density at radius 3 is 2.85 bits per heavy atom. The van der Waals surface area contributed by atoms with Crippen LogP contribution in [0.3, 0.4) is 0 Å². The van der Waals surface area contributed by atoms with E-state index in [2.05, 4.69) is 5.32 Å². The van der Waals surface area contributed by atoms with Gasteiger partial charge in [-0.3, -0.25) is 4.79 Å². The van der Waals surface area contributed by atoms with Gasteiger partial charge in [0.15, 0.2) is 0 Å². The molecule has 0 aromatic heterocycles. The number of nitrogens with one attached hydrogen (secondary N) is 1. The van der Waals surface area contributed by atoms with Crippen molar-refractivity contribution >= 4 is 18.3 Å². The number of carbonyl (C=O) groups is 1. The number of amides is 1. The number of fused-ring (bicyclic) bond motifs is 2. The zero-order chi connectivity index (χ0) is 13.4. The van der Waals surface area contributed by atoms with E-state index in [1.54, 1.807) is 6.07 Å².